The Hall–Kier alpha value is -2.04. The van der Waals surface area contributed by atoms with Crippen molar-refractivity contribution < 1.29 is 14.7 Å². The van der Waals surface area contributed by atoms with E-state index >= 15 is 0 Å². The van der Waals surface area contributed by atoms with Gasteiger partial charge >= 0.3 is 0 Å². The van der Waals surface area contributed by atoms with Gasteiger partial charge in [-0.1, -0.05) is 6.07 Å². The first-order valence-corrected chi connectivity index (χ1v) is 6.31. The van der Waals surface area contributed by atoms with Crippen LogP contribution in [0.2, 0.25) is 0 Å². The molecule has 1 rings (SSSR count). The molecule has 0 aliphatic rings. The SMILES string of the molecule is CCN(CC(=O)NC(C)C)C(=O)c1cccc(O)c1. The Bertz CT molecular complexity index is 458. The van der Waals surface area contributed by atoms with E-state index in [1.54, 1.807) is 12.1 Å². The average molecular weight is 264 g/mol. The third-order valence-electron chi connectivity index (χ3n) is 2.55. The summed E-state index contributed by atoms with van der Waals surface area (Å²) in [6, 6.07) is 6.15. The second-order valence-corrected chi connectivity index (χ2v) is 4.59. The number of rotatable bonds is 5. The number of phenols is 1. The van der Waals surface area contributed by atoms with E-state index in [1.807, 2.05) is 20.8 Å². The number of phenolic OH excluding ortho intramolecular Hbond substituents is 1. The molecule has 0 saturated carbocycles. The number of aromatic hydroxyl groups is 1. The molecule has 0 radical (unpaired) electrons. The molecule has 1 aromatic carbocycles. The fourth-order valence-corrected chi connectivity index (χ4v) is 1.69. The number of hydrogen-bond acceptors (Lipinski definition) is 3. The van der Waals surface area contributed by atoms with Crippen LogP contribution >= 0.6 is 0 Å². The summed E-state index contributed by atoms with van der Waals surface area (Å²) in [4.78, 5) is 25.3. The van der Waals surface area contributed by atoms with E-state index < -0.39 is 0 Å². The van der Waals surface area contributed by atoms with Gasteiger partial charge in [0.1, 0.15) is 5.75 Å². The number of benzene rings is 1. The largest absolute Gasteiger partial charge is 0.508 e. The van der Waals surface area contributed by atoms with Gasteiger partial charge in [0.05, 0.1) is 6.54 Å². The Labute approximate surface area is 113 Å². The molecule has 0 spiro atoms. The molecule has 0 aliphatic carbocycles. The molecule has 0 fully saturated rings. The van der Waals surface area contributed by atoms with Crippen molar-refractivity contribution in [3.63, 3.8) is 0 Å². The van der Waals surface area contributed by atoms with Gasteiger partial charge in [0.2, 0.25) is 5.91 Å². The number of likely N-dealkylation sites (N-methyl/N-ethyl adjacent to an activating group) is 1. The van der Waals surface area contributed by atoms with Gasteiger partial charge in [-0.3, -0.25) is 9.59 Å². The van der Waals surface area contributed by atoms with Gasteiger partial charge in [0.25, 0.3) is 5.91 Å². The highest BCUT2D eigenvalue weighted by molar-refractivity contribution is 5.96. The molecule has 2 N–H and O–H groups in total. The smallest absolute Gasteiger partial charge is 0.254 e. The van der Waals surface area contributed by atoms with Crippen molar-refractivity contribution in [1.29, 1.82) is 0 Å². The van der Waals surface area contributed by atoms with E-state index in [2.05, 4.69) is 5.32 Å². The molecule has 0 atom stereocenters. The summed E-state index contributed by atoms with van der Waals surface area (Å²) in [6.45, 7) is 5.99. The zero-order chi connectivity index (χ0) is 14.4. The van der Waals surface area contributed by atoms with E-state index in [9.17, 15) is 14.7 Å². The summed E-state index contributed by atoms with van der Waals surface area (Å²) < 4.78 is 0. The minimum atomic E-state index is -0.266. The standard InChI is InChI=1S/C14H20N2O3/c1-4-16(9-13(18)15-10(2)3)14(19)11-6-5-7-12(17)8-11/h5-8,10,17H,4,9H2,1-3H3,(H,15,18). The van der Waals surface area contributed by atoms with Crippen LogP contribution in [-0.4, -0.2) is 41.0 Å². The van der Waals surface area contributed by atoms with Gasteiger partial charge in [-0.25, -0.2) is 0 Å². The second kappa shape index (κ2) is 6.78. The third kappa shape index (κ3) is 4.62. The number of hydrogen-bond donors (Lipinski definition) is 2. The van der Waals surface area contributed by atoms with Gasteiger partial charge < -0.3 is 15.3 Å². The fraction of sp³-hybridized carbons (Fsp3) is 0.429. The molecule has 5 nitrogen and oxygen atoms in total. The summed E-state index contributed by atoms with van der Waals surface area (Å²) in [5.41, 5.74) is 0.374. The lowest BCUT2D eigenvalue weighted by Gasteiger charge is -2.21. The summed E-state index contributed by atoms with van der Waals surface area (Å²) >= 11 is 0. The van der Waals surface area contributed by atoms with Crippen molar-refractivity contribution in [1.82, 2.24) is 10.2 Å². The second-order valence-electron chi connectivity index (χ2n) is 4.59. The quantitative estimate of drug-likeness (QED) is 0.844. The van der Waals surface area contributed by atoms with Gasteiger partial charge in [-0.15, -0.1) is 0 Å². The molecule has 0 aromatic heterocycles. The highest BCUT2D eigenvalue weighted by atomic mass is 16.3. The van der Waals surface area contributed by atoms with Crippen LogP contribution in [0.4, 0.5) is 0 Å². The van der Waals surface area contributed by atoms with Gasteiger partial charge in [0.15, 0.2) is 0 Å². The van der Waals surface area contributed by atoms with Crippen molar-refractivity contribution in [2.75, 3.05) is 13.1 Å². The first kappa shape index (κ1) is 15.0. The first-order chi connectivity index (χ1) is 8.93. The number of carbonyl (C=O) groups excluding carboxylic acids is 2. The first-order valence-electron chi connectivity index (χ1n) is 6.31. The predicted octanol–water partition coefficient (Wildman–Crippen LogP) is 1.38. The van der Waals surface area contributed by atoms with Gasteiger partial charge in [-0.2, -0.15) is 0 Å². The molecule has 0 aliphatic heterocycles. The lowest BCUT2D eigenvalue weighted by molar-refractivity contribution is -0.122. The number of carbonyl (C=O) groups is 2. The molecule has 2 amide bonds. The molecule has 19 heavy (non-hydrogen) atoms. The minimum absolute atomic E-state index is 0.0170. The van der Waals surface area contributed by atoms with Crippen molar-refractivity contribution in [2.24, 2.45) is 0 Å². The summed E-state index contributed by atoms with van der Waals surface area (Å²) in [5, 5.41) is 12.1. The topological polar surface area (TPSA) is 69.6 Å². The molecule has 5 heteroatoms. The molecule has 104 valence electrons. The number of nitrogens with zero attached hydrogens (tertiary/aromatic N) is 1. The molecule has 0 heterocycles. The van der Waals surface area contributed by atoms with Crippen molar-refractivity contribution in [2.45, 2.75) is 26.8 Å². The Morgan fingerprint density at radius 1 is 1.37 bits per heavy atom. The third-order valence-corrected chi connectivity index (χ3v) is 2.55. The van der Waals surface area contributed by atoms with Crippen LogP contribution in [0.5, 0.6) is 5.75 Å². The Balaban J connectivity index is 2.74. The van der Waals surface area contributed by atoms with Crippen molar-refractivity contribution in [3.05, 3.63) is 29.8 Å². The fourth-order valence-electron chi connectivity index (χ4n) is 1.69. The summed E-state index contributed by atoms with van der Waals surface area (Å²) in [6.07, 6.45) is 0. The minimum Gasteiger partial charge on any atom is -0.508 e. The van der Waals surface area contributed by atoms with Crippen molar-refractivity contribution >= 4 is 11.8 Å². The molecular formula is C14H20N2O3. The normalized spacial score (nSPS) is 10.3. The van der Waals surface area contributed by atoms with E-state index in [4.69, 9.17) is 0 Å². The van der Waals surface area contributed by atoms with E-state index in [0.29, 0.717) is 12.1 Å². The Morgan fingerprint density at radius 3 is 2.58 bits per heavy atom. The highest BCUT2D eigenvalue weighted by Crippen LogP contribution is 2.12. The summed E-state index contributed by atoms with van der Waals surface area (Å²) in [5.74, 6) is -0.420. The molecule has 1 aromatic rings. The van der Waals surface area contributed by atoms with Crippen LogP contribution < -0.4 is 5.32 Å². The zero-order valence-electron chi connectivity index (χ0n) is 11.5. The lowest BCUT2D eigenvalue weighted by Crippen LogP contribution is -2.42. The highest BCUT2D eigenvalue weighted by Gasteiger charge is 2.17. The predicted molar refractivity (Wildman–Crippen MR) is 73.0 cm³/mol. The zero-order valence-corrected chi connectivity index (χ0v) is 11.5. The lowest BCUT2D eigenvalue weighted by atomic mass is 10.2. The van der Waals surface area contributed by atoms with E-state index in [-0.39, 0.29) is 30.2 Å². The average Bonchev–Trinajstić information content (AvgIpc) is 2.34. The van der Waals surface area contributed by atoms with Crippen LogP contribution in [0.3, 0.4) is 0 Å². The van der Waals surface area contributed by atoms with Crippen LogP contribution in [0.25, 0.3) is 0 Å². The van der Waals surface area contributed by atoms with Gasteiger partial charge in [0, 0.05) is 18.2 Å². The van der Waals surface area contributed by atoms with Crippen molar-refractivity contribution in [3.8, 4) is 5.75 Å². The van der Waals surface area contributed by atoms with E-state index in [1.165, 1.54) is 17.0 Å². The Morgan fingerprint density at radius 2 is 2.05 bits per heavy atom. The maximum Gasteiger partial charge on any atom is 0.254 e. The van der Waals surface area contributed by atoms with Gasteiger partial charge in [-0.05, 0) is 39.0 Å². The van der Waals surface area contributed by atoms with E-state index in [0.717, 1.165) is 0 Å². The maximum atomic E-state index is 12.2. The van der Waals surface area contributed by atoms with Crippen LogP contribution in [0.1, 0.15) is 31.1 Å². The monoisotopic (exact) mass is 264 g/mol. The Kier molecular flexibility index (Phi) is 5.36. The molecule has 0 unspecified atom stereocenters. The van der Waals surface area contributed by atoms with Crippen LogP contribution in [0, 0.1) is 0 Å². The van der Waals surface area contributed by atoms with Crippen LogP contribution in [-0.2, 0) is 4.79 Å². The van der Waals surface area contributed by atoms with Crippen LogP contribution in [0.15, 0.2) is 24.3 Å². The number of nitrogens with one attached hydrogen (secondary N) is 1. The molecule has 0 bridgehead atoms. The molecule has 0 saturated heterocycles. The molecular weight excluding hydrogens is 244 g/mol. The summed E-state index contributed by atoms with van der Waals surface area (Å²) in [7, 11) is 0. The maximum absolute atomic E-state index is 12.2. The number of amides is 2.